The summed E-state index contributed by atoms with van der Waals surface area (Å²) in [6.45, 7) is 1.97. The van der Waals surface area contributed by atoms with E-state index in [0.717, 1.165) is 27.9 Å². The Hall–Kier alpha value is -3.01. The summed E-state index contributed by atoms with van der Waals surface area (Å²) >= 11 is 0. The molecule has 0 bridgehead atoms. The Morgan fingerprint density at radius 2 is 1.80 bits per heavy atom. The molecule has 4 heteroatoms. The van der Waals surface area contributed by atoms with Crippen molar-refractivity contribution in [1.82, 2.24) is 10.4 Å². The number of aromatic nitrogens is 1. The Morgan fingerprint density at radius 1 is 1.08 bits per heavy atom. The maximum atomic E-state index is 12.7. The van der Waals surface area contributed by atoms with E-state index >= 15 is 0 Å². The lowest BCUT2D eigenvalue weighted by molar-refractivity contribution is 0.0956. The average Bonchev–Trinajstić information content (AvgIpc) is 3.51. The van der Waals surface area contributed by atoms with Crippen LogP contribution in [-0.2, 0) is 0 Å². The van der Waals surface area contributed by atoms with Crippen LogP contribution in [0.4, 0.5) is 0 Å². The van der Waals surface area contributed by atoms with Crippen molar-refractivity contribution in [3.8, 4) is 11.3 Å². The fourth-order valence-electron chi connectivity index (χ4n) is 2.91. The molecule has 1 aromatic heterocycles. The van der Waals surface area contributed by atoms with Gasteiger partial charge in [0.2, 0.25) is 0 Å². The highest BCUT2D eigenvalue weighted by atomic mass is 16.2. The number of carbonyl (C=O) groups excluding carboxylic acids is 1. The van der Waals surface area contributed by atoms with Crippen LogP contribution in [0.3, 0.4) is 0 Å². The zero-order chi connectivity index (χ0) is 17.2. The van der Waals surface area contributed by atoms with Crippen LogP contribution >= 0.6 is 0 Å². The fraction of sp³-hybridized carbons (Fsp3) is 0.190. The van der Waals surface area contributed by atoms with Crippen LogP contribution in [0.5, 0.6) is 0 Å². The topological polar surface area (TPSA) is 54.4 Å². The molecule has 0 atom stereocenters. The van der Waals surface area contributed by atoms with Gasteiger partial charge in [0.1, 0.15) is 0 Å². The summed E-state index contributed by atoms with van der Waals surface area (Å²) in [6.07, 6.45) is 2.34. The van der Waals surface area contributed by atoms with Crippen LogP contribution in [0.2, 0.25) is 0 Å². The summed E-state index contributed by atoms with van der Waals surface area (Å²) < 4.78 is 0. The van der Waals surface area contributed by atoms with Gasteiger partial charge in [-0.05, 0) is 37.8 Å². The van der Waals surface area contributed by atoms with Crippen molar-refractivity contribution >= 4 is 22.5 Å². The largest absolute Gasteiger partial charge is 0.272 e. The van der Waals surface area contributed by atoms with Gasteiger partial charge in [-0.1, -0.05) is 48.5 Å². The number of rotatable bonds is 4. The van der Waals surface area contributed by atoms with Gasteiger partial charge in [-0.2, -0.15) is 5.10 Å². The molecule has 0 saturated heterocycles. The van der Waals surface area contributed by atoms with Gasteiger partial charge in [0.25, 0.3) is 5.91 Å². The van der Waals surface area contributed by atoms with Gasteiger partial charge in [0, 0.05) is 16.7 Å². The summed E-state index contributed by atoms with van der Waals surface area (Å²) in [5, 5.41) is 5.10. The van der Waals surface area contributed by atoms with E-state index in [9.17, 15) is 4.79 Å². The van der Waals surface area contributed by atoms with Crippen LogP contribution in [0.15, 0.2) is 65.8 Å². The SMILES string of the molecule is C/C(=N\NC(=O)c1cc(-c2ccccc2)nc2ccccc12)C1CC1. The van der Waals surface area contributed by atoms with Crippen molar-refractivity contribution in [3.05, 3.63) is 66.2 Å². The maximum Gasteiger partial charge on any atom is 0.272 e. The number of fused-ring (bicyclic) bond motifs is 1. The molecule has 1 saturated carbocycles. The quantitative estimate of drug-likeness (QED) is 0.569. The number of nitrogens with one attached hydrogen (secondary N) is 1. The predicted molar refractivity (Wildman–Crippen MR) is 100 cm³/mol. The second kappa shape index (κ2) is 6.48. The van der Waals surface area contributed by atoms with Crippen LogP contribution in [0.1, 0.15) is 30.1 Å². The van der Waals surface area contributed by atoms with E-state index in [-0.39, 0.29) is 5.91 Å². The molecule has 25 heavy (non-hydrogen) atoms. The maximum absolute atomic E-state index is 12.7. The normalized spacial score (nSPS) is 14.5. The second-order valence-corrected chi connectivity index (χ2v) is 6.41. The molecular weight excluding hydrogens is 310 g/mol. The number of amides is 1. The highest BCUT2D eigenvalue weighted by Gasteiger charge is 2.24. The molecule has 1 heterocycles. The summed E-state index contributed by atoms with van der Waals surface area (Å²) in [5.41, 5.74) is 6.88. The number of carbonyl (C=O) groups is 1. The van der Waals surface area contributed by atoms with Crippen molar-refractivity contribution in [2.24, 2.45) is 11.0 Å². The number of benzene rings is 2. The molecule has 1 fully saturated rings. The van der Waals surface area contributed by atoms with E-state index in [0.29, 0.717) is 11.5 Å². The van der Waals surface area contributed by atoms with Gasteiger partial charge >= 0.3 is 0 Å². The molecule has 4 nitrogen and oxygen atoms in total. The minimum atomic E-state index is -0.198. The highest BCUT2D eigenvalue weighted by Crippen LogP contribution is 2.30. The Morgan fingerprint density at radius 3 is 2.56 bits per heavy atom. The second-order valence-electron chi connectivity index (χ2n) is 6.41. The third-order valence-electron chi connectivity index (χ3n) is 4.53. The van der Waals surface area contributed by atoms with Crippen molar-refractivity contribution in [2.75, 3.05) is 0 Å². The summed E-state index contributed by atoms with van der Waals surface area (Å²) in [5.74, 6) is 0.338. The van der Waals surface area contributed by atoms with E-state index < -0.39 is 0 Å². The minimum absolute atomic E-state index is 0.198. The van der Waals surface area contributed by atoms with Crippen LogP contribution < -0.4 is 5.43 Å². The summed E-state index contributed by atoms with van der Waals surface area (Å²) in [6, 6.07) is 19.4. The molecule has 0 aliphatic heterocycles. The van der Waals surface area contributed by atoms with E-state index in [2.05, 4.69) is 10.5 Å². The molecule has 0 unspecified atom stereocenters. The average molecular weight is 329 g/mol. The van der Waals surface area contributed by atoms with Crippen molar-refractivity contribution in [1.29, 1.82) is 0 Å². The van der Waals surface area contributed by atoms with Crippen LogP contribution in [0.25, 0.3) is 22.2 Å². The Bertz CT molecular complexity index is 959. The van der Waals surface area contributed by atoms with Gasteiger partial charge < -0.3 is 0 Å². The first-order valence-electron chi connectivity index (χ1n) is 8.52. The number of nitrogens with zero attached hydrogens (tertiary/aromatic N) is 2. The van der Waals surface area contributed by atoms with E-state index in [1.54, 1.807) is 0 Å². The number of hydrazone groups is 1. The lowest BCUT2D eigenvalue weighted by Gasteiger charge is -2.09. The molecule has 4 rings (SSSR count). The molecule has 2 aromatic carbocycles. The number of hydrogen-bond donors (Lipinski definition) is 1. The molecule has 1 N–H and O–H groups in total. The fourth-order valence-corrected chi connectivity index (χ4v) is 2.91. The lowest BCUT2D eigenvalue weighted by atomic mass is 10.0. The predicted octanol–water partition coefficient (Wildman–Crippen LogP) is 4.42. The first kappa shape index (κ1) is 15.5. The third-order valence-corrected chi connectivity index (χ3v) is 4.53. The molecule has 1 aliphatic rings. The summed E-state index contributed by atoms with van der Waals surface area (Å²) in [4.78, 5) is 17.4. The van der Waals surface area contributed by atoms with Crippen molar-refractivity contribution < 1.29 is 4.79 Å². The van der Waals surface area contributed by atoms with Crippen LogP contribution in [-0.4, -0.2) is 16.6 Å². The van der Waals surface area contributed by atoms with Gasteiger partial charge in [-0.25, -0.2) is 10.4 Å². The zero-order valence-electron chi connectivity index (χ0n) is 14.1. The number of para-hydroxylation sites is 1. The molecule has 3 aromatic rings. The first-order valence-corrected chi connectivity index (χ1v) is 8.52. The molecule has 0 radical (unpaired) electrons. The van der Waals surface area contributed by atoms with Crippen molar-refractivity contribution in [3.63, 3.8) is 0 Å². The van der Waals surface area contributed by atoms with E-state index in [4.69, 9.17) is 4.98 Å². The molecule has 1 amide bonds. The number of pyridine rings is 1. The third kappa shape index (κ3) is 3.29. The molecule has 1 aliphatic carbocycles. The highest BCUT2D eigenvalue weighted by molar-refractivity contribution is 6.07. The van der Waals surface area contributed by atoms with Gasteiger partial charge in [-0.15, -0.1) is 0 Å². The first-order chi connectivity index (χ1) is 12.2. The number of hydrogen-bond acceptors (Lipinski definition) is 3. The molecule has 124 valence electrons. The zero-order valence-corrected chi connectivity index (χ0v) is 14.1. The Labute approximate surface area is 146 Å². The van der Waals surface area contributed by atoms with E-state index in [1.807, 2.05) is 67.6 Å². The Balaban J connectivity index is 1.75. The van der Waals surface area contributed by atoms with Crippen LogP contribution in [0, 0.1) is 5.92 Å². The Kier molecular flexibility index (Phi) is 4.02. The lowest BCUT2D eigenvalue weighted by Crippen LogP contribution is -2.20. The van der Waals surface area contributed by atoms with Gasteiger partial charge in [0.15, 0.2) is 0 Å². The monoisotopic (exact) mass is 329 g/mol. The van der Waals surface area contributed by atoms with Crippen molar-refractivity contribution in [2.45, 2.75) is 19.8 Å². The van der Waals surface area contributed by atoms with Gasteiger partial charge in [0.05, 0.1) is 16.8 Å². The smallest absolute Gasteiger partial charge is 0.267 e. The van der Waals surface area contributed by atoms with E-state index in [1.165, 1.54) is 12.8 Å². The molecule has 0 spiro atoms. The summed E-state index contributed by atoms with van der Waals surface area (Å²) in [7, 11) is 0. The minimum Gasteiger partial charge on any atom is -0.267 e. The van der Waals surface area contributed by atoms with Gasteiger partial charge in [-0.3, -0.25) is 4.79 Å². The standard InChI is InChI=1S/C21H19N3O/c1-14(15-11-12-15)23-24-21(25)18-13-20(16-7-3-2-4-8-16)22-19-10-6-5-9-17(18)19/h2-10,13,15H,11-12H2,1H3,(H,24,25)/b23-14+. The molecular formula is C21H19N3O.